The summed E-state index contributed by atoms with van der Waals surface area (Å²) in [6.45, 7) is 16.8. The molecule has 0 radical (unpaired) electrons. The molecule has 0 aliphatic rings. The highest BCUT2D eigenvalue weighted by Gasteiger charge is 2.22. The van der Waals surface area contributed by atoms with Crippen LogP contribution < -0.4 is 10.6 Å². The lowest BCUT2D eigenvalue weighted by molar-refractivity contribution is 0.0513. The van der Waals surface area contributed by atoms with Gasteiger partial charge in [-0.3, -0.25) is 0 Å². The van der Waals surface area contributed by atoms with Crippen LogP contribution in [-0.2, 0) is 16.8 Å². The van der Waals surface area contributed by atoms with E-state index in [1.54, 1.807) is 0 Å². The molecule has 0 aliphatic carbocycles. The minimum Gasteiger partial charge on any atom is -0.444 e. The summed E-state index contributed by atoms with van der Waals surface area (Å²) in [5.41, 5.74) is -0.000512. The number of nitrogens with one attached hydrogen (secondary N) is 2. The number of amides is 1. The molecule has 1 rings (SSSR count). The Balaban J connectivity index is 2.46. The zero-order valence-electron chi connectivity index (χ0n) is 15.6. The van der Waals surface area contributed by atoms with Gasteiger partial charge in [-0.15, -0.1) is 5.10 Å². The van der Waals surface area contributed by atoms with Crippen molar-refractivity contribution in [2.75, 3.05) is 6.54 Å². The fraction of sp³-hybridized carbons (Fsp3) is 0.812. The van der Waals surface area contributed by atoms with Gasteiger partial charge in [0.25, 0.3) is 0 Å². The number of carbonyl (C=O) groups excluding carboxylic acids is 1. The average molecular weight is 325 g/mol. The van der Waals surface area contributed by atoms with Gasteiger partial charge in [0.05, 0.1) is 17.4 Å². The number of hydrogen-bond acceptors (Lipinski definition) is 5. The van der Waals surface area contributed by atoms with Crippen LogP contribution in [0.2, 0.25) is 0 Å². The van der Waals surface area contributed by atoms with Gasteiger partial charge < -0.3 is 15.4 Å². The van der Waals surface area contributed by atoms with Crippen molar-refractivity contribution in [3.63, 3.8) is 0 Å². The molecule has 0 spiro atoms. The molecule has 0 saturated carbocycles. The van der Waals surface area contributed by atoms with Crippen molar-refractivity contribution in [2.45, 2.75) is 78.6 Å². The third-order valence-electron chi connectivity index (χ3n) is 3.05. The number of rotatable bonds is 5. The summed E-state index contributed by atoms with van der Waals surface area (Å²) >= 11 is 0. The summed E-state index contributed by atoms with van der Waals surface area (Å²) in [7, 11) is 0. The van der Waals surface area contributed by atoms with Crippen molar-refractivity contribution >= 4 is 6.09 Å². The van der Waals surface area contributed by atoms with E-state index in [0.29, 0.717) is 13.1 Å². The SMILES string of the molecule is CC(C)(CNC(=O)OC(C)(C)C)NCc1cn(C(C)(C)C)nn1. The maximum atomic E-state index is 11.7. The molecule has 0 aromatic carbocycles. The van der Waals surface area contributed by atoms with Crippen molar-refractivity contribution in [1.29, 1.82) is 0 Å². The van der Waals surface area contributed by atoms with E-state index in [4.69, 9.17) is 4.74 Å². The standard InChI is InChI=1S/C16H31N5O2/c1-14(2,3)21-10-12(19-20-21)9-18-16(7,8)11-17-13(22)23-15(4,5)6/h10,18H,9,11H2,1-8H3,(H,17,22). The van der Waals surface area contributed by atoms with Crippen molar-refractivity contribution in [3.05, 3.63) is 11.9 Å². The fourth-order valence-electron chi connectivity index (χ4n) is 1.71. The fourth-order valence-corrected chi connectivity index (χ4v) is 1.71. The molecule has 0 unspecified atom stereocenters. The Morgan fingerprint density at radius 3 is 2.26 bits per heavy atom. The van der Waals surface area contributed by atoms with Crippen molar-refractivity contribution < 1.29 is 9.53 Å². The lowest BCUT2D eigenvalue weighted by Gasteiger charge is -2.27. The zero-order chi connectivity index (χ0) is 17.9. The first-order valence-corrected chi connectivity index (χ1v) is 7.92. The topological polar surface area (TPSA) is 81.1 Å². The Hall–Kier alpha value is -1.63. The lowest BCUT2D eigenvalue weighted by Crippen LogP contribution is -2.49. The third kappa shape index (κ3) is 7.45. The van der Waals surface area contributed by atoms with Crippen LogP contribution in [0.15, 0.2) is 6.20 Å². The summed E-state index contributed by atoms with van der Waals surface area (Å²) in [5, 5.41) is 14.5. The molecule has 1 amide bonds. The molecular weight excluding hydrogens is 294 g/mol. The van der Waals surface area contributed by atoms with E-state index < -0.39 is 11.7 Å². The summed E-state index contributed by atoms with van der Waals surface area (Å²) in [5.74, 6) is 0. The van der Waals surface area contributed by atoms with Gasteiger partial charge >= 0.3 is 6.09 Å². The van der Waals surface area contributed by atoms with E-state index in [1.165, 1.54) is 0 Å². The maximum Gasteiger partial charge on any atom is 0.407 e. The van der Waals surface area contributed by atoms with Crippen LogP contribution in [0.3, 0.4) is 0 Å². The highest BCUT2D eigenvalue weighted by atomic mass is 16.6. The van der Waals surface area contributed by atoms with Crippen molar-refractivity contribution in [1.82, 2.24) is 25.6 Å². The van der Waals surface area contributed by atoms with E-state index in [0.717, 1.165) is 5.69 Å². The second kappa shape index (κ2) is 6.86. The largest absolute Gasteiger partial charge is 0.444 e. The molecule has 2 N–H and O–H groups in total. The number of ether oxygens (including phenoxy) is 1. The zero-order valence-corrected chi connectivity index (χ0v) is 15.6. The molecule has 1 aromatic heterocycles. The normalized spacial score (nSPS) is 13.0. The van der Waals surface area contributed by atoms with Gasteiger partial charge in [0.2, 0.25) is 0 Å². The van der Waals surface area contributed by atoms with Crippen LogP contribution in [-0.4, -0.2) is 38.8 Å². The van der Waals surface area contributed by atoms with Crippen molar-refractivity contribution in [2.24, 2.45) is 0 Å². The molecule has 7 heteroatoms. The summed E-state index contributed by atoms with van der Waals surface area (Å²) in [4.78, 5) is 11.7. The third-order valence-corrected chi connectivity index (χ3v) is 3.05. The van der Waals surface area contributed by atoms with Crippen LogP contribution in [0.1, 0.15) is 61.1 Å². The Bertz CT molecular complexity index is 523. The smallest absolute Gasteiger partial charge is 0.407 e. The van der Waals surface area contributed by atoms with E-state index in [2.05, 4.69) is 41.7 Å². The average Bonchev–Trinajstić information content (AvgIpc) is 2.81. The van der Waals surface area contributed by atoms with Crippen LogP contribution in [0.4, 0.5) is 4.79 Å². The number of carbonyl (C=O) groups is 1. The molecule has 0 saturated heterocycles. The van der Waals surface area contributed by atoms with Crippen LogP contribution in [0.25, 0.3) is 0 Å². The summed E-state index contributed by atoms with van der Waals surface area (Å²) < 4.78 is 7.08. The van der Waals surface area contributed by atoms with E-state index in [1.807, 2.05) is 45.5 Å². The van der Waals surface area contributed by atoms with Gasteiger partial charge in [0, 0.05) is 18.6 Å². The Morgan fingerprint density at radius 1 is 1.17 bits per heavy atom. The molecule has 132 valence electrons. The van der Waals surface area contributed by atoms with Gasteiger partial charge in [-0.1, -0.05) is 5.21 Å². The Morgan fingerprint density at radius 2 is 1.78 bits per heavy atom. The highest BCUT2D eigenvalue weighted by Crippen LogP contribution is 2.12. The van der Waals surface area contributed by atoms with Gasteiger partial charge in [-0.25, -0.2) is 9.48 Å². The second-order valence-corrected chi connectivity index (χ2v) is 8.42. The Kier molecular flexibility index (Phi) is 5.79. The quantitative estimate of drug-likeness (QED) is 0.869. The van der Waals surface area contributed by atoms with E-state index in [-0.39, 0.29) is 11.1 Å². The van der Waals surface area contributed by atoms with E-state index >= 15 is 0 Å². The van der Waals surface area contributed by atoms with Crippen LogP contribution in [0.5, 0.6) is 0 Å². The number of aromatic nitrogens is 3. The lowest BCUT2D eigenvalue weighted by atomic mass is 10.1. The van der Waals surface area contributed by atoms with Gasteiger partial charge in [-0.05, 0) is 55.4 Å². The molecule has 1 heterocycles. The molecule has 0 atom stereocenters. The van der Waals surface area contributed by atoms with Gasteiger partial charge in [0.1, 0.15) is 5.60 Å². The summed E-state index contributed by atoms with van der Waals surface area (Å²) in [6.07, 6.45) is 1.52. The first kappa shape index (κ1) is 19.4. The number of nitrogens with zero attached hydrogens (tertiary/aromatic N) is 3. The van der Waals surface area contributed by atoms with Gasteiger partial charge in [-0.2, -0.15) is 0 Å². The molecule has 0 aliphatic heterocycles. The molecule has 0 fully saturated rings. The van der Waals surface area contributed by atoms with Crippen LogP contribution in [0, 0.1) is 0 Å². The predicted octanol–water partition coefficient (Wildman–Crippen LogP) is 2.43. The van der Waals surface area contributed by atoms with Crippen LogP contribution >= 0.6 is 0 Å². The summed E-state index contributed by atoms with van der Waals surface area (Å²) in [6, 6.07) is 0. The molecule has 1 aromatic rings. The first-order valence-electron chi connectivity index (χ1n) is 7.92. The minimum atomic E-state index is -0.493. The predicted molar refractivity (Wildman–Crippen MR) is 90.2 cm³/mol. The monoisotopic (exact) mass is 325 g/mol. The molecule has 23 heavy (non-hydrogen) atoms. The highest BCUT2D eigenvalue weighted by molar-refractivity contribution is 5.67. The second-order valence-electron chi connectivity index (χ2n) is 8.42. The maximum absolute atomic E-state index is 11.7. The van der Waals surface area contributed by atoms with E-state index in [9.17, 15) is 4.79 Å². The molecule has 0 bridgehead atoms. The first-order chi connectivity index (χ1) is 10.3. The Labute approximate surface area is 139 Å². The number of hydrogen-bond donors (Lipinski definition) is 2. The molecular formula is C16H31N5O2. The minimum absolute atomic E-state index is 0.0843. The van der Waals surface area contributed by atoms with Crippen molar-refractivity contribution in [3.8, 4) is 0 Å². The molecule has 7 nitrogen and oxygen atoms in total. The van der Waals surface area contributed by atoms with Gasteiger partial charge in [0.15, 0.2) is 0 Å². The number of alkyl carbamates (subject to hydrolysis) is 1.